The summed E-state index contributed by atoms with van der Waals surface area (Å²) in [6.07, 6.45) is 1.46. The molecule has 0 amide bonds. The number of carbonyl (C=O) groups excluding carboxylic acids is 1. The van der Waals surface area contributed by atoms with Crippen LogP contribution in [0.25, 0.3) is 0 Å². The van der Waals surface area contributed by atoms with Gasteiger partial charge in [0.2, 0.25) is 0 Å². The summed E-state index contributed by atoms with van der Waals surface area (Å²) in [7, 11) is -3.27. The highest BCUT2D eigenvalue weighted by atomic mass is 31.2. The largest absolute Gasteiger partial charge is 0.460 e. The Hall–Kier alpha value is -0.680. The first-order chi connectivity index (χ1) is 9.12. The maximum atomic E-state index is 12.1. The topological polar surface area (TPSA) is 87.9 Å². The highest BCUT2D eigenvalue weighted by molar-refractivity contribution is 7.57. The summed E-state index contributed by atoms with van der Waals surface area (Å²) < 4.78 is 27.4. The average molecular weight is 307 g/mol. The third kappa shape index (κ3) is 9.26. The lowest BCUT2D eigenvalue weighted by Gasteiger charge is -2.20. The van der Waals surface area contributed by atoms with Crippen molar-refractivity contribution in [3.05, 3.63) is 11.9 Å². The van der Waals surface area contributed by atoms with E-state index in [1.807, 2.05) is 0 Å². The Morgan fingerprint density at radius 1 is 1.25 bits per heavy atom. The monoisotopic (exact) mass is 307 g/mol. The second-order valence-electron chi connectivity index (χ2n) is 5.17. The van der Waals surface area contributed by atoms with Crippen LogP contribution in [0.15, 0.2) is 11.9 Å². The molecule has 0 unspecified atom stereocenters. The van der Waals surface area contributed by atoms with Crippen molar-refractivity contribution in [3.8, 4) is 0 Å². The highest BCUT2D eigenvalue weighted by Gasteiger charge is 2.21. The summed E-state index contributed by atoms with van der Waals surface area (Å²) in [5, 5.41) is 0. The minimum Gasteiger partial charge on any atom is -0.460 e. The van der Waals surface area contributed by atoms with E-state index in [-0.39, 0.29) is 19.6 Å². The third-order valence-corrected chi connectivity index (χ3v) is 3.73. The molecule has 0 aliphatic heterocycles. The minimum atomic E-state index is -3.27. The molecule has 0 saturated carbocycles. The first-order valence-electron chi connectivity index (χ1n) is 6.67. The van der Waals surface area contributed by atoms with Crippen molar-refractivity contribution in [1.29, 1.82) is 0 Å². The number of hydrogen-bond donors (Lipinski definition) is 1. The Kier molecular flexibility index (Phi) is 8.28. The van der Waals surface area contributed by atoms with Crippen molar-refractivity contribution in [2.75, 3.05) is 13.2 Å². The van der Waals surface area contributed by atoms with Gasteiger partial charge in [-0.05, 0) is 34.6 Å². The van der Waals surface area contributed by atoms with E-state index in [1.54, 1.807) is 34.6 Å². The molecule has 0 aromatic rings. The molecule has 0 spiro atoms. The Labute approximate surface area is 121 Å². The molecule has 0 aliphatic carbocycles. The summed E-state index contributed by atoms with van der Waals surface area (Å²) in [6.45, 7) is 9.33. The Balaban J connectivity index is 4.50. The van der Waals surface area contributed by atoms with Gasteiger partial charge in [0, 0.05) is 11.9 Å². The van der Waals surface area contributed by atoms with Crippen LogP contribution in [0.2, 0.25) is 0 Å². The SMILES string of the molecule is CCOP(=O)(C=C[C@@H](N)CC(=O)OC(C)(C)C)OCC. The van der Waals surface area contributed by atoms with Gasteiger partial charge in [0.25, 0.3) is 0 Å². The molecular formula is C13H26NO5P. The number of hydrogen-bond acceptors (Lipinski definition) is 6. The quantitative estimate of drug-likeness (QED) is 0.548. The van der Waals surface area contributed by atoms with Gasteiger partial charge >= 0.3 is 13.6 Å². The smallest absolute Gasteiger partial charge is 0.353 e. The van der Waals surface area contributed by atoms with Crippen LogP contribution in [0.1, 0.15) is 41.0 Å². The van der Waals surface area contributed by atoms with Crippen molar-refractivity contribution in [3.63, 3.8) is 0 Å². The van der Waals surface area contributed by atoms with Crippen molar-refractivity contribution in [1.82, 2.24) is 0 Å². The van der Waals surface area contributed by atoms with Crippen molar-refractivity contribution in [2.45, 2.75) is 52.7 Å². The van der Waals surface area contributed by atoms with Crippen LogP contribution in [0.5, 0.6) is 0 Å². The number of nitrogens with two attached hydrogens (primary N) is 1. The van der Waals surface area contributed by atoms with E-state index in [1.165, 1.54) is 11.9 Å². The van der Waals surface area contributed by atoms with E-state index in [4.69, 9.17) is 19.5 Å². The highest BCUT2D eigenvalue weighted by Crippen LogP contribution is 2.49. The average Bonchev–Trinajstić information content (AvgIpc) is 2.24. The van der Waals surface area contributed by atoms with Crippen LogP contribution in [-0.4, -0.2) is 30.8 Å². The van der Waals surface area contributed by atoms with Crippen molar-refractivity contribution < 1.29 is 23.1 Å². The van der Waals surface area contributed by atoms with E-state index in [9.17, 15) is 9.36 Å². The second-order valence-corrected chi connectivity index (χ2v) is 7.07. The predicted molar refractivity (Wildman–Crippen MR) is 78.4 cm³/mol. The number of carbonyl (C=O) groups is 1. The number of ether oxygens (including phenoxy) is 1. The zero-order valence-corrected chi connectivity index (χ0v) is 13.8. The zero-order valence-electron chi connectivity index (χ0n) is 12.9. The molecule has 0 heterocycles. The van der Waals surface area contributed by atoms with Gasteiger partial charge in [-0.1, -0.05) is 6.08 Å². The van der Waals surface area contributed by atoms with Gasteiger partial charge in [-0.2, -0.15) is 0 Å². The molecule has 0 aromatic carbocycles. The fraction of sp³-hybridized carbons (Fsp3) is 0.769. The van der Waals surface area contributed by atoms with Crippen LogP contribution in [0, 0.1) is 0 Å². The van der Waals surface area contributed by atoms with Crippen molar-refractivity contribution >= 4 is 13.6 Å². The summed E-state index contributed by atoms with van der Waals surface area (Å²) in [4.78, 5) is 11.6. The summed E-state index contributed by atoms with van der Waals surface area (Å²) in [5.74, 6) is 0.895. The lowest BCUT2D eigenvalue weighted by molar-refractivity contribution is -0.154. The molecule has 1 atom stereocenters. The standard InChI is InChI=1S/C13H26NO5P/c1-6-17-20(16,18-7-2)9-8-11(14)10-12(15)19-13(3,4)5/h8-9,11H,6-7,10,14H2,1-5H3/t11-/m1/s1. The molecular weight excluding hydrogens is 281 g/mol. The Bertz CT molecular complexity index is 365. The van der Waals surface area contributed by atoms with Gasteiger partial charge in [0.1, 0.15) is 5.60 Å². The Morgan fingerprint density at radius 3 is 2.15 bits per heavy atom. The van der Waals surface area contributed by atoms with E-state index >= 15 is 0 Å². The molecule has 0 fully saturated rings. The molecule has 0 aliphatic rings. The Morgan fingerprint density at radius 2 is 1.75 bits per heavy atom. The van der Waals surface area contributed by atoms with Gasteiger partial charge in [0.05, 0.1) is 19.6 Å². The third-order valence-electron chi connectivity index (χ3n) is 1.96. The molecule has 0 bridgehead atoms. The number of esters is 1. The molecule has 118 valence electrons. The van der Waals surface area contributed by atoms with Gasteiger partial charge in [0.15, 0.2) is 0 Å². The minimum absolute atomic E-state index is 0.00597. The van der Waals surface area contributed by atoms with Crippen LogP contribution in [-0.2, 0) is 23.1 Å². The zero-order chi connectivity index (χ0) is 15.8. The fourth-order valence-corrected chi connectivity index (χ4v) is 2.74. The molecule has 0 radical (unpaired) electrons. The summed E-state index contributed by atoms with van der Waals surface area (Å²) >= 11 is 0. The lowest BCUT2D eigenvalue weighted by Crippen LogP contribution is -2.29. The molecule has 0 rings (SSSR count). The van der Waals surface area contributed by atoms with Crippen molar-refractivity contribution in [2.24, 2.45) is 5.73 Å². The summed E-state index contributed by atoms with van der Waals surface area (Å²) in [6, 6.07) is -0.598. The molecule has 20 heavy (non-hydrogen) atoms. The first-order valence-corrected chi connectivity index (χ1v) is 8.28. The molecule has 0 aromatic heterocycles. The van der Waals surface area contributed by atoms with E-state index in [2.05, 4.69) is 0 Å². The molecule has 6 nitrogen and oxygen atoms in total. The fourth-order valence-electron chi connectivity index (χ4n) is 1.34. The maximum absolute atomic E-state index is 12.1. The normalized spacial score (nSPS) is 14.5. The van der Waals surface area contributed by atoms with Crippen LogP contribution in [0.3, 0.4) is 0 Å². The maximum Gasteiger partial charge on any atom is 0.353 e. The van der Waals surface area contributed by atoms with Gasteiger partial charge in [-0.3, -0.25) is 9.36 Å². The van der Waals surface area contributed by atoms with Crippen LogP contribution in [0.4, 0.5) is 0 Å². The predicted octanol–water partition coefficient (Wildman–Crippen LogP) is 2.83. The van der Waals surface area contributed by atoms with Crippen LogP contribution >= 0.6 is 7.60 Å². The van der Waals surface area contributed by atoms with E-state index in [0.29, 0.717) is 0 Å². The van der Waals surface area contributed by atoms with E-state index < -0.39 is 25.2 Å². The molecule has 2 N–H and O–H groups in total. The first kappa shape index (κ1) is 19.3. The lowest BCUT2D eigenvalue weighted by atomic mass is 10.2. The summed E-state index contributed by atoms with van der Waals surface area (Å²) in [5.41, 5.74) is 5.22. The van der Waals surface area contributed by atoms with Gasteiger partial charge in [-0.25, -0.2) is 0 Å². The van der Waals surface area contributed by atoms with Gasteiger partial charge in [-0.15, -0.1) is 0 Å². The second kappa shape index (κ2) is 8.57. The van der Waals surface area contributed by atoms with Crippen LogP contribution < -0.4 is 5.73 Å². The van der Waals surface area contributed by atoms with Gasteiger partial charge < -0.3 is 19.5 Å². The molecule has 7 heteroatoms. The van der Waals surface area contributed by atoms with E-state index in [0.717, 1.165) is 0 Å². The number of rotatable bonds is 8. The molecule has 0 saturated heterocycles.